The van der Waals surface area contributed by atoms with E-state index in [9.17, 15) is 0 Å². The standard InChI is InChI=1S/C8H13NO3/c1-4-6-7(5-9-10)12-8(2,3)11-6/h4-7,10H,1H2,2-3H3/b9-5+/t6-,7+/m1/s1. The van der Waals surface area contributed by atoms with Crippen molar-refractivity contribution in [3.63, 3.8) is 0 Å². The van der Waals surface area contributed by atoms with Crippen LogP contribution in [-0.2, 0) is 9.47 Å². The van der Waals surface area contributed by atoms with E-state index in [0.717, 1.165) is 0 Å². The van der Waals surface area contributed by atoms with Gasteiger partial charge in [0.25, 0.3) is 0 Å². The number of oxime groups is 1. The first-order valence-corrected chi connectivity index (χ1v) is 3.75. The van der Waals surface area contributed by atoms with Gasteiger partial charge in [-0.05, 0) is 13.8 Å². The average Bonchev–Trinajstić information content (AvgIpc) is 2.26. The van der Waals surface area contributed by atoms with Crippen LogP contribution < -0.4 is 0 Å². The van der Waals surface area contributed by atoms with Crippen LogP contribution in [0.4, 0.5) is 0 Å². The van der Waals surface area contributed by atoms with Gasteiger partial charge in [0.2, 0.25) is 0 Å². The lowest BCUT2D eigenvalue weighted by molar-refractivity contribution is -0.137. The van der Waals surface area contributed by atoms with Gasteiger partial charge in [0, 0.05) is 0 Å². The van der Waals surface area contributed by atoms with Crippen molar-refractivity contribution in [1.82, 2.24) is 0 Å². The molecule has 2 atom stereocenters. The van der Waals surface area contributed by atoms with Crippen LogP contribution >= 0.6 is 0 Å². The zero-order valence-corrected chi connectivity index (χ0v) is 7.23. The maximum absolute atomic E-state index is 8.31. The van der Waals surface area contributed by atoms with E-state index in [4.69, 9.17) is 14.7 Å². The molecule has 1 fully saturated rings. The first-order chi connectivity index (χ1) is 5.59. The first kappa shape index (κ1) is 9.22. The molecule has 0 unspecified atom stereocenters. The summed E-state index contributed by atoms with van der Waals surface area (Å²) in [5, 5.41) is 11.2. The molecule has 1 aliphatic heterocycles. The molecule has 1 saturated heterocycles. The Bertz CT molecular complexity index is 200. The van der Waals surface area contributed by atoms with E-state index >= 15 is 0 Å². The lowest BCUT2D eigenvalue weighted by atomic mass is 10.2. The second-order valence-electron chi connectivity index (χ2n) is 3.07. The minimum absolute atomic E-state index is 0.240. The van der Waals surface area contributed by atoms with Gasteiger partial charge in [0.15, 0.2) is 5.79 Å². The topological polar surface area (TPSA) is 51.0 Å². The van der Waals surface area contributed by atoms with E-state index < -0.39 is 5.79 Å². The summed E-state index contributed by atoms with van der Waals surface area (Å²) < 4.78 is 10.8. The van der Waals surface area contributed by atoms with Gasteiger partial charge in [0.05, 0.1) is 6.21 Å². The number of rotatable bonds is 2. The number of nitrogens with zero attached hydrogens (tertiary/aromatic N) is 1. The van der Waals surface area contributed by atoms with Crippen LogP contribution in [0, 0.1) is 0 Å². The van der Waals surface area contributed by atoms with E-state index in [-0.39, 0.29) is 12.2 Å². The van der Waals surface area contributed by atoms with Crippen molar-refractivity contribution >= 4 is 6.21 Å². The maximum Gasteiger partial charge on any atom is 0.164 e. The molecular formula is C8H13NO3. The highest BCUT2D eigenvalue weighted by Crippen LogP contribution is 2.27. The Kier molecular flexibility index (Phi) is 2.49. The molecule has 0 aliphatic carbocycles. The number of hydrogen-bond acceptors (Lipinski definition) is 4. The highest BCUT2D eigenvalue weighted by Gasteiger charge is 2.38. The molecule has 4 heteroatoms. The fraction of sp³-hybridized carbons (Fsp3) is 0.625. The Balaban J connectivity index is 2.69. The van der Waals surface area contributed by atoms with Gasteiger partial charge in [-0.25, -0.2) is 0 Å². The van der Waals surface area contributed by atoms with E-state index in [1.807, 2.05) is 0 Å². The molecule has 0 saturated carbocycles. The molecule has 0 amide bonds. The predicted octanol–water partition coefficient (Wildman–Crippen LogP) is 1.15. The summed E-state index contributed by atoms with van der Waals surface area (Å²) in [6, 6.07) is 0. The SMILES string of the molecule is C=C[C@H]1OC(C)(C)O[C@H]1/C=N/O. The van der Waals surface area contributed by atoms with E-state index in [1.165, 1.54) is 6.21 Å². The Labute approximate surface area is 71.5 Å². The molecule has 0 aromatic heterocycles. The van der Waals surface area contributed by atoms with Crippen LogP contribution in [0.1, 0.15) is 13.8 Å². The zero-order valence-electron chi connectivity index (χ0n) is 7.23. The molecule has 68 valence electrons. The third-order valence-corrected chi connectivity index (χ3v) is 1.61. The Hall–Kier alpha value is -0.870. The van der Waals surface area contributed by atoms with Crippen molar-refractivity contribution in [3.8, 4) is 0 Å². The van der Waals surface area contributed by atoms with Crippen molar-refractivity contribution in [2.45, 2.75) is 31.8 Å². The number of ether oxygens (including phenoxy) is 2. The van der Waals surface area contributed by atoms with Gasteiger partial charge in [-0.2, -0.15) is 0 Å². The summed E-state index contributed by atoms with van der Waals surface area (Å²) in [5.74, 6) is -0.634. The summed E-state index contributed by atoms with van der Waals surface area (Å²) in [5.41, 5.74) is 0. The zero-order chi connectivity index (χ0) is 9.19. The summed E-state index contributed by atoms with van der Waals surface area (Å²) in [4.78, 5) is 0. The van der Waals surface area contributed by atoms with Crippen molar-refractivity contribution in [1.29, 1.82) is 0 Å². The summed E-state index contributed by atoms with van der Waals surface area (Å²) >= 11 is 0. The molecule has 1 aliphatic rings. The van der Waals surface area contributed by atoms with Crippen LogP contribution in [0.3, 0.4) is 0 Å². The molecule has 0 aromatic carbocycles. The molecule has 0 radical (unpaired) electrons. The molecule has 0 spiro atoms. The van der Waals surface area contributed by atoms with Gasteiger partial charge in [-0.15, -0.1) is 6.58 Å². The number of hydrogen-bond donors (Lipinski definition) is 1. The van der Waals surface area contributed by atoms with Crippen molar-refractivity contribution in [2.24, 2.45) is 5.16 Å². The molecular weight excluding hydrogens is 158 g/mol. The lowest BCUT2D eigenvalue weighted by Gasteiger charge is -2.15. The largest absolute Gasteiger partial charge is 0.411 e. The molecule has 12 heavy (non-hydrogen) atoms. The Morgan fingerprint density at radius 2 is 2.00 bits per heavy atom. The third-order valence-electron chi connectivity index (χ3n) is 1.61. The molecule has 1 heterocycles. The first-order valence-electron chi connectivity index (χ1n) is 3.75. The Morgan fingerprint density at radius 3 is 2.50 bits per heavy atom. The highest BCUT2D eigenvalue weighted by molar-refractivity contribution is 5.64. The third kappa shape index (κ3) is 1.84. The van der Waals surface area contributed by atoms with E-state index in [1.54, 1.807) is 19.9 Å². The van der Waals surface area contributed by atoms with Crippen molar-refractivity contribution in [2.75, 3.05) is 0 Å². The molecule has 1 rings (SSSR count). The monoisotopic (exact) mass is 171 g/mol. The minimum atomic E-state index is -0.634. The minimum Gasteiger partial charge on any atom is -0.411 e. The highest BCUT2D eigenvalue weighted by atomic mass is 16.7. The van der Waals surface area contributed by atoms with Gasteiger partial charge < -0.3 is 14.7 Å². The van der Waals surface area contributed by atoms with Gasteiger partial charge in [0.1, 0.15) is 12.2 Å². The van der Waals surface area contributed by atoms with Crippen LogP contribution in [0.2, 0.25) is 0 Å². The fourth-order valence-corrected chi connectivity index (χ4v) is 1.18. The quantitative estimate of drug-likeness (QED) is 0.293. The normalized spacial score (nSPS) is 34.2. The van der Waals surface area contributed by atoms with E-state index in [2.05, 4.69) is 11.7 Å². The second-order valence-corrected chi connectivity index (χ2v) is 3.07. The summed E-state index contributed by atoms with van der Waals surface area (Å²) in [6.07, 6.45) is 2.33. The van der Waals surface area contributed by atoms with Crippen molar-refractivity contribution in [3.05, 3.63) is 12.7 Å². The Morgan fingerprint density at radius 1 is 1.42 bits per heavy atom. The van der Waals surface area contributed by atoms with Gasteiger partial charge in [-0.3, -0.25) is 0 Å². The fourth-order valence-electron chi connectivity index (χ4n) is 1.18. The van der Waals surface area contributed by atoms with Crippen LogP contribution in [0.15, 0.2) is 17.8 Å². The van der Waals surface area contributed by atoms with Crippen LogP contribution in [0.5, 0.6) is 0 Å². The second kappa shape index (κ2) is 3.25. The molecule has 4 nitrogen and oxygen atoms in total. The molecule has 0 aromatic rings. The van der Waals surface area contributed by atoms with Crippen molar-refractivity contribution < 1.29 is 14.7 Å². The smallest absolute Gasteiger partial charge is 0.164 e. The van der Waals surface area contributed by atoms with Crippen LogP contribution in [-0.4, -0.2) is 29.4 Å². The van der Waals surface area contributed by atoms with Gasteiger partial charge in [-0.1, -0.05) is 11.2 Å². The molecule has 0 bridgehead atoms. The van der Waals surface area contributed by atoms with E-state index in [0.29, 0.717) is 0 Å². The summed E-state index contributed by atoms with van der Waals surface area (Å²) in [7, 11) is 0. The predicted molar refractivity (Wildman–Crippen MR) is 44.3 cm³/mol. The molecule has 1 N–H and O–H groups in total. The van der Waals surface area contributed by atoms with Gasteiger partial charge >= 0.3 is 0 Å². The average molecular weight is 171 g/mol. The van der Waals surface area contributed by atoms with Crippen LogP contribution in [0.25, 0.3) is 0 Å². The lowest BCUT2D eigenvalue weighted by Crippen LogP contribution is -2.22. The maximum atomic E-state index is 8.31. The summed E-state index contributed by atoms with van der Waals surface area (Å²) in [6.45, 7) is 7.19.